The van der Waals surface area contributed by atoms with Gasteiger partial charge in [0.25, 0.3) is 5.91 Å². The largest absolute Gasteiger partial charge is 0.503 e. The Bertz CT molecular complexity index is 866. The molecule has 0 radical (unpaired) electrons. The Morgan fingerprint density at radius 1 is 1.22 bits per heavy atom. The highest BCUT2D eigenvalue weighted by Gasteiger charge is 2.10. The van der Waals surface area contributed by atoms with Gasteiger partial charge in [0.1, 0.15) is 5.75 Å². The van der Waals surface area contributed by atoms with Gasteiger partial charge in [-0.3, -0.25) is 4.79 Å². The monoisotopic (exact) mass is 390 g/mol. The number of nitrogens with one attached hydrogen (secondary N) is 1. The molecule has 2 N–H and O–H groups in total. The Labute approximate surface area is 163 Å². The molecule has 7 heteroatoms. The van der Waals surface area contributed by atoms with Crippen molar-refractivity contribution in [1.29, 1.82) is 0 Å². The molecule has 2 aromatic rings. The fourth-order valence-corrected chi connectivity index (χ4v) is 2.65. The zero-order valence-corrected chi connectivity index (χ0v) is 16.6. The first-order valence-corrected chi connectivity index (χ1v) is 8.88. The Morgan fingerprint density at radius 2 is 1.93 bits per heavy atom. The van der Waals surface area contributed by atoms with E-state index >= 15 is 0 Å². The van der Waals surface area contributed by atoms with E-state index in [-0.39, 0.29) is 29.0 Å². The van der Waals surface area contributed by atoms with Crippen molar-refractivity contribution in [3.05, 3.63) is 51.5 Å². The van der Waals surface area contributed by atoms with Crippen LogP contribution in [0.2, 0.25) is 5.02 Å². The summed E-state index contributed by atoms with van der Waals surface area (Å²) in [7, 11) is 0. The Morgan fingerprint density at radius 3 is 2.63 bits per heavy atom. The lowest BCUT2D eigenvalue weighted by Gasteiger charge is -2.13. The third kappa shape index (κ3) is 5.37. The predicted molar refractivity (Wildman–Crippen MR) is 106 cm³/mol. The minimum Gasteiger partial charge on any atom is -0.503 e. The molecule has 0 fully saturated rings. The second-order valence-electron chi connectivity index (χ2n) is 6.02. The van der Waals surface area contributed by atoms with Gasteiger partial charge in [-0.15, -0.1) is 0 Å². The van der Waals surface area contributed by atoms with Crippen LogP contribution in [0.1, 0.15) is 29.2 Å². The minimum atomic E-state index is -0.388. The number of amides is 1. The van der Waals surface area contributed by atoms with Crippen LogP contribution in [0, 0.1) is 20.8 Å². The number of nitrogens with zero attached hydrogens (tertiary/aromatic N) is 1. The number of aryl methyl sites for hydroxylation is 2. The summed E-state index contributed by atoms with van der Waals surface area (Å²) in [5, 5.41) is 13.9. The van der Waals surface area contributed by atoms with Crippen LogP contribution in [0.15, 0.2) is 29.4 Å². The number of rotatable bonds is 7. The van der Waals surface area contributed by atoms with Gasteiger partial charge in [-0.1, -0.05) is 23.7 Å². The van der Waals surface area contributed by atoms with Crippen molar-refractivity contribution >= 4 is 23.7 Å². The first-order chi connectivity index (χ1) is 12.8. The number of phenols is 1. The molecule has 0 aromatic heterocycles. The van der Waals surface area contributed by atoms with E-state index in [4.69, 9.17) is 21.1 Å². The highest BCUT2D eigenvalue weighted by Crippen LogP contribution is 2.34. The van der Waals surface area contributed by atoms with Crippen molar-refractivity contribution in [3.8, 4) is 17.2 Å². The van der Waals surface area contributed by atoms with Crippen LogP contribution < -0.4 is 14.9 Å². The Hall–Kier alpha value is -2.73. The molecule has 0 unspecified atom stereocenters. The van der Waals surface area contributed by atoms with Crippen LogP contribution in [-0.4, -0.2) is 30.4 Å². The van der Waals surface area contributed by atoms with Gasteiger partial charge in [-0.2, -0.15) is 5.10 Å². The molecular weight excluding hydrogens is 368 g/mol. The summed E-state index contributed by atoms with van der Waals surface area (Å²) < 4.78 is 10.9. The highest BCUT2D eigenvalue weighted by molar-refractivity contribution is 6.32. The summed E-state index contributed by atoms with van der Waals surface area (Å²) >= 11 is 5.96. The van der Waals surface area contributed by atoms with E-state index in [0.717, 1.165) is 16.7 Å². The summed E-state index contributed by atoms with van der Waals surface area (Å²) in [6, 6.07) is 7.07. The quantitative estimate of drug-likeness (QED) is 0.555. The summed E-state index contributed by atoms with van der Waals surface area (Å²) in [6.07, 6.45) is 1.41. The lowest BCUT2D eigenvalue weighted by molar-refractivity contribution is -0.123. The SMILES string of the molecule is CCOc1cc(/C=N/NC(=O)COc2c(C)ccc(C)c2C)cc(Cl)c1O. The number of halogens is 1. The molecule has 0 spiro atoms. The number of ether oxygens (including phenoxy) is 2. The Kier molecular flexibility index (Phi) is 7.07. The van der Waals surface area contributed by atoms with E-state index < -0.39 is 0 Å². The summed E-state index contributed by atoms with van der Waals surface area (Å²) in [4.78, 5) is 12.0. The van der Waals surface area contributed by atoms with Gasteiger partial charge >= 0.3 is 0 Å². The summed E-state index contributed by atoms with van der Waals surface area (Å²) in [5.41, 5.74) is 6.05. The van der Waals surface area contributed by atoms with E-state index in [1.807, 2.05) is 32.9 Å². The average Bonchev–Trinajstić information content (AvgIpc) is 2.62. The minimum absolute atomic E-state index is 0.128. The molecule has 0 aliphatic carbocycles. The van der Waals surface area contributed by atoms with Crippen LogP contribution in [0.3, 0.4) is 0 Å². The number of hydrogen-bond acceptors (Lipinski definition) is 5. The first kappa shape index (κ1) is 20.6. The summed E-state index contributed by atoms with van der Waals surface area (Å²) in [5.74, 6) is 0.450. The smallest absolute Gasteiger partial charge is 0.277 e. The standard InChI is InChI=1S/C20H23ClN2O4/c1-5-26-17-9-15(8-16(21)19(17)25)10-22-23-18(24)11-27-20-13(3)7-6-12(2)14(20)4/h6-10,25H,5,11H2,1-4H3,(H,23,24)/b22-10+. The van der Waals surface area contributed by atoms with E-state index in [9.17, 15) is 9.90 Å². The molecule has 144 valence electrons. The van der Waals surface area contributed by atoms with Gasteiger partial charge in [0.2, 0.25) is 0 Å². The lowest BCUT2D eigenvalue weighted by Crippen LogP contribution is -2.25. The van der Waals surface area contributed by atoms with Crippen molar-refractivity contribution in [3.63, 3.8) is 0 Å². The van der Waals surface area contributed by atoms with Gasteiger partial charge in [-0.25, -0.2) is 5.43 Å². The fourth-order valence-electron chi connectivity index (χ4n) is 2.43. The normalized spacial score (nSPS) is 10.9. The fraction of sp³-hybridized carbons (Fsp3) is 0.300. The van der Waals surface area contributed by atoms with Crippen LogP contribution in [0.5, 0.6) is 17.2 Å². The van der Waals surface area contributed by atoms with Gasteiger partial charge in [0.15, 0.2) is 18.1 Å². The van der Waals surface area contributed by atoms with Crippen LogP contribution >= 0.6 is 11.6 Å². The topological polar surface area (TPSA) is 80.2 Å². The molecule has 0 aliphatic rings. The Balaban J connectivity index is 1.97. The number of benzene rings is 2. The molecule has 2 rings (SSSR count). The average molecular weight is 391 g/mol. The van der Waals surface area contributed by atoms with Gasteiger partial charge in [0.05, 0.1) is 17.8 Å². The molecule has 0 saturated heterocycles. The van der Waals surface area contributed by atoms with Crippen molar-refractivity contribution in [2.75, 3.05) is 13.2 Å². The number of carbonyl (C=O) groups is 1. The van der Waals surface area contributed by atoms with E-state index in [0.29, 0.717) is 17.9 Å². The number of hydrogen-bond donors (Lipinski definition) is 2. The maximum Gasteiger partial charge on any atom is 0.277 e. The van der Waals surface area contributed by atoms with Crippen molar-refractivity contribution in [1.82, 2.24) is 5.43 Å². The second-order valence-corrected chi connectivity index (χ2v) is 6.43. The zero-order chi connectivity index (χ0) is 20.0. The van der Waals surface area contributed by atoms with Crippen molar-refractivity contribution in [2.24, 2.45) is 5.10 Å². The molecule has 6 nitrogen and oxygen atoms in total. The maximum absolute atomic E-state index is 12.0. The van der Waals surface area contributed by atoms with Gasteiger partial charge in [0, 0.05) is 0 Å². The molecule has 27 heavy (non-hydrogen) atoms. The van der Waals surface area contributed by atoms with E-state index in [1.165, 1.54) is 12.3 Å². The molecular formula is C20H23ClN2O4. The van der Waals surface area contributed by atoms with E-state index in [1.54, 1.807) is 13.0 Å². The molecule has 0 atom stereocenters. The number of aromatic hydroxyl groups is 1. The van der Waals surface area contributed by atoms with Gasteiger partial charge in [-0.05, 0) is 62.1 Å². The highest BCUT2D eigenvalue weighted by atomic mass is 35.5. The van der Waals surface area contributed by atoms with Crippen LogP contribution in [0.4, 0.5) is 0 Å². The number of carbonyl (C=O) groups excluding carboxylic acids is 1. The van der Waals surface area contributed by atoms with Crippen LogP contribution in [0.25, 0.3) is 0 Å². The zero-order valence-electron chi connectivity index (χ0n) is 15.8. The third-order valence-electron chi connectivity index (χ3n) is 3.97. The first-order valence-electron chi connectivity index (χ1n) is 8.50. The lowest BCUT2D eigenvalue weighted by atomic mass is 10.1. The number of phenolic OH excluding ortho intramolecular Hbond substituents is 1. The molecule has 0 aliphatic heterocycles. The second kappa shape index (κ2) is 9.28. The van der Waals surface area contributed by atoms with Gasteiger partial charge < -0.3 is 14.6 Å². The maximum atomic E-state index is 12.0. The molecule has 0 bridgehead atoms. The van der Waals surface area contributed by atoms with Crippen molar-refractivity contribution < 1.29 is 19.4 Å². The van der Waals surface area contributed by atoms with Crippen LogP contribution in [-0.2, 0) is 4.79 Å². The summed E-state index contributed by atoms with van der Waals surface area (Å²) in [6.45, 7) is 7.91. The van der Waals surface area contributed by atoms with Crippen molar-refractivity contribution in [2.45, 2.75) is 27.7 Å². The molecule has 1 amide bonds. The third-order valence-corrected chi connectivity index (χ3v) is 4.26. The number of hydrazone groups is 1. The molecule has 0 saturated carbocycles. The predicted octanol–water partition coefficient (Wildman–Crippen LogP) is 3.90. The molecule has 2 aromatic carbocycles. The van der Waals surface area contributed by atoms with E-state index in [2.05, 4.69) is 10.5 Å². The molecule has 0 heterocycles.